The molecule has 0 aromatic heterocycles. The van der Waals surface area contributed by atoms with Crippen LogP contribution in [0, 0.1) is 5.41 Å². The first kappa shape index (κ1) is 18.7. The van der Waals surface area contributed by atoms with E-state index < -0.39 is 0 Å². The Morgan fingerprint density at radius 1 is 1.03 bits per heavy atom. The van der Waals surface area contributed by atoms with E-state index in [1.807, 2.05) is 0 Å². The van der Waals surface area contributed by atoms with Gasteiger partial charge in [-0.05, 0) is 74.4 Å². The van der Waals surface area contributed by atoms with Crippen molar-refractivity contribution in [3.63, 3.8) is 0 Å². The van der Waals surface area contributed by atoms with E-state index in [1.54, 1.807) is 0 Å². The summed E-state index contributed by atoms with van der Waals surface area (Å²) in [5, 5.41) is 3.02. The molecule has 1 N–H and O–H groups in total. The van der Waals surface area contributed by atoms with Gasteiger partial charge in [0.1, 0.15) is 11.9 Å². The number of carbonyl (C=O) groups is 1. The van der Waals surface area contributed by atoms with Crippen molar-refractivity contribution < 1.29 is 9.53 Å². The summed E-state index contributed by atoms with van der Waals surface area (Å²) >= 11 is 0. The number of fused-ring (bicyclic) bond motifs is 1. The molecular formula is C25H30N2O2. The van der Waals surface area contributed by atoms with Crippen LogP contribution in [0.4, 0.5) is 0 Å². The maximum Gasteiger partial charge on any atom is 0.226 e. The van der Waals surface area contributed by atoms with Crippen molar-refractivity contribution in [3.05, 3.63) is 65.2 Å². The summed E-state index contributed by atoms with van der Waals surface area (Å²) < 4.78 is 6.35. The average molecular weight is 391 g/mol. The molecule has 2 fully saturated rings. The molecule has 1 atom stereocenters. The summed E-state index contributed by atoms with van der Waals surface area (Å²) in [6.45, 7) is 3.84. The lowest BCUT2D eigenvalue weighted by Gasteiger charge is -2.37. The van der Waals surface area contributed by atoms with Gasteiger partial charge in [-0.1, -0.05) is 42.5 Å². The van der Waals surface area contributed by atoms with Crippen molar-refractivity contribution in [2.75, 3.05) is 19.6 Å². The fraction of sp³-hybridized carbons (Fsp3) is 0.480. The molecule has 2 aromatic rings. The molecule has 3 aliphatic heterocycles. The van der Waals surface area contributed by atoms with E-state index in [1.165, 1.54) is 16.7 Å². The number of benzene rings is 2. The van der Waals surface area contributed by atoms with E-state index in [0.717, 1.165) is 70.5 Å². The van der Waals surface area contributed by atoms with Crippen LogP contribution in [-0.4, -0.2) is 30.4 Å². The SMILES string of the molecule is O=C1NCCC12CCN(Cc1ccc([C@H]3CCCc4ccccc4O3)cc1)CC2. The Bertz CT molecular complexity index is 869. The Hall–Kier alpha value is -2.33. The molecule has 29 heavy (non-hydrogen) atoms. The Balaban J connectivity index is 1.20. The van der Waals surface area contributed by atoms with Crippen molar-refractivity contribution in [1.82, 2.24) is 10.2 Å². The van der Waals surface area contributed by atoms with Gasteiger partial charge in [0.25, 0.3) is 0 Å². The molecule has 1 amide bonds. The molecule has 1 spiro atoms. The minimum absolute atomic E-state index is 0.0759. The normalized spacial score (nSPS) is 23.9. The van der Waals surface area contributed by atoms with Gasteiger partial charge in [-0.2, -0.15) is 0 Å². The Labute approximate surface area is 173 Å². The van der Waals surface area contributed by atoms with Crippen LogP contribution in [0.5, 0.6) is 5.75 Å². The van der Waals surface area contributed by atoms with Crippen molar-refractivity contribution in [2.45, 2.75) is 51.2 Å². The summed E-state index contributed by atoms with van der Waals surface area (Å²) in [4.78, 5) is 14.7. The lowest BCUT2D eigenvalue weighted by Crippen LogP contribution is -2.43. The van der Waals surface area contributed by atoms with Crippen LogP contribution in [0.3, 0.4) is 0 Å². The number of carbonyl (C=O) groups excluding carboxylic acids is 1. The van der Waals surface area contributed by atoms with E-state index in [4.69, 9.17) is 4.74 Å². The molecule has 4 nitrogen and oxygen atoms in total. The van der Waals surface area contributed by atoms with Gasteiger partial charge in [0.05, 0.1) is 5.41 Å². The first-order chi connectivity index (χ1) is 14.2. The summed E-state index contributed by atoms with van der Waals surface area (Å²) in [6, 6.07) is 17.4. The highest BCUT2D eigenvalue weighted by atomic mass is 16.5. The predicted molar refractivity (Wildman–Crippen MR) is 114 cm³/mol. The molecule has 2 aromatic carbocycles. The molecule has 0 saturated carbocycles. The van der Waals surface area contributed by atoms with E-state index in [9.17, 15) is 4.79 Å². The van der Waals surface area contributed by atoms with Crippen LogP contribution in [-0.2, 0) is 17.8 Å². The van der Waals surface area contributed by atoms with Crippen LogP contribution in [0.2, 0.25) is 0 Å². The number of hydrogen-bond acceptors (Lipinski definition) is 3. The highest BCUT2D eigenvalue weighted by Gasteiger charge is 2.44. The Morgan fingerprint density at radius 3 is 2.59 bits per heavy atom. The predicted octanol–water partition coefficient (Wildman–Crippen LogP) is 4.25. The summed E-state index contributed by atoms with van der Waals surface area (Å²) in [7, 11) is 0. The monoisotopic (exact) mass is 390 g/mol. The van der Waals surface area contributed by atoms with Gasteiger partial charge in [-0.3, -0.25) is 9.69 Å². The van der Waals surface area contributed by atoms with Crippen molar-refractivity contribution in [2.24, 2.45) is 5.41 Å². The van der Waals surface area contributed by atoms with E-state index in [-0.39, 0.29) is 17.4 Å². The smallest absolute Gasteiger partial charge is 0.226 e. The number of para-hydroxylation sites is 1. The zero-order chi connectivity index (χ0) is 19.7. The molecule has 3 aliphatic rings. The number of aryl methyl sites for hydroxylation is 1. The first-order valence-electron chi connectivity index (χ1n) is 11.1. The van der Waals surface area contributed by atoms with Crippen LogP contribution >= 0.6 is 0 Å². The second-order valence-electron chi connectivity index (χ2n) is 8.91. The van der Waals surface area contributed by atoms with Gasteiger partial charge in [0.15, 0.2) is 0 Å². The van der Waals surface area contributed by atoms with Crippen LogP contribution in [0.1, 0.15) is 54.9 Å². The molecule has 2 saturated heterocycles. The second-order valence-corrected chi connectivity index (χ2v) is 8.91. The van der Waals surface area contributed by atoms with Crippen molar-refractivity contribution in [3.8, 4) is 5.75 Å². The average Bonchev–Trinajstić information content (AvgIpc) is 2.97. The number of rotatable bonds is 3. The quantitative estimate of drug-likeness (QED) is 0.852. The minimum Gasteiger partial charge on any atom is -0.485 e. The molecule has 0 radical (unpaired) electrons. The number of piperidine rings is 1. The maximum atomic E-state index is 12.2. The van der Waals surface area contributed by atoms with Gasteiger partial charge in [-0.15, -0.1) is 0 Å². The topological polar surface area (TPSA) is 41.6 Å². The second kappa shape index (κ2) is 7.83. The molecular weight excluding hydrogens is 360 g/mol. The third kappa shape index (κ3) is 3.78. The van der Waals surface area contributed by atoms with Crippen LogP contribution in [0.15, 0.2) is 48.5 Å². The third-order valence-corrected chi connectivity index (χ3v) is 7.10. The summed E-state index contributed by atoms with van der Waals surface area (Å²) in [5.74, 6) is 1.32. The highest BCUT2D eigenvalue weighted by molar-refractivity contribution is 5.84. The van der Waals surface area contributed by atoms with Gasteiger partial charge in [-0.25, -0.2) is 0 Å². The zero-order valence-electron chi connectivity index (χ0n) is 17.0. The summed E-state index contributed by atoms with van der Waals surface area (Å²) in [5.41, 5.74) is 3.86. The number of nitrogens with zero attached hydrogens (tertiary/aromatic N) is 1. The van der Waals surface area contributed by atoms with Crippen molar-refractivity contribution in [1.29, 1.82) is 0 Å². The van der Waals surface area contributed by atoms with E-state index in [0.29, 0.717) is 0 Å². The number of amides is 1. The molecule has 5 rings (SSSR count). The molecule has 0 unspecified atom stereocenters. The molecule has 0 bridgehead atoms. The first-order valence-corrected chi connectivity index (χ1v) is 11.1. The standard InChI is InChI=1S/C25H30N2O2/c28-24-25(12-15-26-24)13-16-27(17-14-25)18-19-8-10-21(11-9-19)23-7-3-5-20-4-1-2-6-22(20)29-23/h1-2,4,6,8-11,23H,3,5,7,12-18H2,(H,26,28)/t23-/m1/s1. The molecule has 152 valence electrons. The molecule has 3 heterocycles. The summed E-state index contributed by atoms with van der Waals surface area (Å²) in [6.07, 6.45) is 6.45. The van der Waals surface area contributed by atoms with E-state index in [2.05, 4.69) is 58.7 Å². The third-order valence-electron chi connectivity index (χ3n) is 7.10. The lowest BCUT2D eigenvalue weighted by molar-refractivity contribution is -0.130. The van der Waals surface area contributed by atoms with Crippen LogP contribution in [0.25, 0.3) is 0 Å². The number of hydrogen-bond donors (Lipinski definition) is 1. The van der Waals surface area contributed by atoms with Gasteiger partial charge in [0, 0.05) is 13.1 Å². The maximum absolute atomic E-state index is 12.2. The minimum atomic E-state index is -0.0759. The fourth-order valence-electron chi connectivity index (χ4n) is 5.18. The number of likely N-dealkylation sites (tertiary alicyclic amines) is 1. The van der Waals surface area contributed by atoms with Crippen molar-refractivity contribution >= 4 is 5.91 Å². The zero-order valence-corrected chi connectivity index (χ0v) is 17.0. The molecule has 4 heteroatoms. The van der Waals surface area contributed by atoms with Gasteiger partial charge >= 0.3 is 0 Å². The Kier molecular flexibility index (Phi) is 5.04. The fourth-order valence-corrected chi connectivity index (χ4v) is 5.18. The highest BCUT2D eigenvalue weighted by Crippen LogP contribution is 2.38. The van der Waals surface area contributed by atoms with E-state index >= 15 is 0 Å². The lowest BCUT2D eigenvalue weighted by atomic mass is 9.77. The van der Waals surface area contributed by atoms with Gasteiger partial charge < -0.3 is 10.1 Å². The number of nitrogens with one attached hydrogen (secondary N) is 1. The largest absolute Gasteiger partial charge is 0.485 e. The Morgan fingerprint density at radius 2 is 1.83 bits per heavy atom. The van der Waals surface area contributed by atoms with Gasteiger partial charge in [0.2, 0.25) is 5.91 Å². The van der Waals surface area contributed by atoms with Crippen LogP contribution < -0.4 is 10.1 Å². The molecule has 0 aliphatic carbocycles. The number of ether oxygens (including phenoxy) is 1.